The Morgan fingerprint density at radius 3 is 2.74 bits per heavy atom. The summed E-state index contributed by atoms with van der Waals surface area (Å²) in [6, 6.07) is 7.96. The number of tetrazole rings is 1. The molecule has 1 aliphatic rings. The number of halogens is 2. The van der Waals surface area contributed by atoms with E-state index in [0.29, 0.717) is 27.2 Å². The van der Waals surface area contributed by atoms with E-state index in [1.807, 2.05) is 0 Å². The molecule has 4 aromatic rings. The van der Waals surface area contributed by atoms with Gasteiger partial charge in [0.15, 0.2) is 11.6 Å². The van der Waals surface area contributed by atoms with Crippen molar-refractivity contribution in [2.45, 2.75) is 32.2 Å². The highest BCUT2D eigenvalue weighted by Gasteiger charge is 2.30. The summed E-state index contributed by atoms with van der Waals surface area (Å²) in [7, 11) is 0. The fourth-order valence-electron chi connectivity index (χ4n) is 3.76. The lowest BCUT2D eigenvalue weighted by Crippen LogP contribution is -2.21. The van der Waals surface area contributed by atoms with Crippen LogP contribution in [0.15, 0.2) is 36.5 Å². The van der Waals surface area contributed by atoms with E-state index in [1.54, 1.807) is 42.1 Å². The molecule has 1 saturated carbocycles. The highest BCUT2D eigenvalue weighted by Crippen LogP contribution is 2.38. The van der Waals surface area contributed by atoms with Crippen molar-refractivity contribution >= 4 is 40.7 Å². The van der Waals surface area contributed by atoms with Crippen LogP contribution in [0.1, 0.15) is 56.7 Å². The van der Waals surface area contributed by atoms with Gasteiger partial charge in [-0.1, -0.05) is 23.2 Å². The van der Waals surface area contributed by atoms with Crippen LogP contribution in [0.3, 0.4) is 0 Å². The van der Waals surface area contributed by atoms with Gasteiger partial charge < -0.3 is 11.1 Å². The Kier molecular flexibility index (Phi) is 5.95. The molecule has 3 N–H and O–H groups in total. The number of anilines is 1. The lowest BCUT2D eigenvalue weighted by molar-refractivity contribution is 0.100. The summed E-state index contributed by atoms with van der Waals surface area (Å²) in [5.74, 6) is 0.119. The maximum atomic E-state index is 13.5. The third-order valence-corrected chi connectivity index (χ3v) is 6.06. The van der Waals surface area contributed by atoms with E-state index in [0.717, 1.165) is 18.7 Å². The number of hydrogen-bond acceptors (Lipinski definition) is 7. The van der Waals surface area contributed by atoms with Crippen molar-refractivity contribution in [3.63, 3.8) is 0 Å². The standard InChI is InChI=1S/C22H19Cl2N9O2/c1-11-7-13(23)8-15(19(25)34)18(11)27-22(35)17-9-14(10-32-20(12-4-5-12)28-30-31-32)29-33(17)21-16(24)3-2-6-26-21/h2-3,6-9,12H,4-5,10H2,1H3,(H2,25,34)(H,27,35). The minimum absolute atomic E-state index is 0.0910. The first-order valence-electron chi connectivity index (χ1n) is 10.7. The molecule has 5 rings (SSSR count). The number of hydrogen-bond donors (Lipinski definition) is 2. The number of rotatable bonds is 7. The molecule has 0 bridgehead atoms. The van der Waals surface area contributed by atoms with Gasteiger partial charge in [0.1, 0.15) is 5.69 Å². The number of nitrogens with one attached hydrogen (secondary N) is 1. The van der Waals surface area contributed by atoms with Crippen molar-refractivity contribution in [3.8, 4) is 5.82 Å². The predicted octanol–water partition coefficient (Wildman–Crippen LogP) is 3.15. The molecule has 13 heteroatoms. The lowest BCUT2D eigenvalue weighted by Gasteiger charge is -2.13. The molecule has 11 nitrogen and oxygen atoms in total. The second kappa shape index (κ2) is 9.08. The Morgan fingerprint density at radius 2 is 2.03 bits per heavy atom. The van der Waals surface area contributed by atoms with Crippen LogP contribution in [0, 0.1) is 6.92 Å². The summed E-state index contributed by atoms with van der Waals surface area (Å²) in [5.41, 5.74) is 7.10. The minimum atomic E-state index is -0.723. The van der Waals surface area contributed by atoms with Gasteiger partial charge in [0.05, 0.1) is 28.5 Å². The van der Waals surface area contributed by atoms with Gasteiger partial charge in [0.25, 0.3) is 11.8 Å². The van der Waals surface area contributed by atoms with Gasteiger partial charge in [0.2, 0.25) is 0 Å². The first-order chi connectivity index (χ1) is 16.8. The van der Waals surface area contributed by atoms with Gasteiger partial charge in [-0.3, -0.25) is 9.59 Å². The van der Waals surface area contributed by atoms with Crippen molar-refractivity contribution < 1.29 is 9.59 Å². The highest BCUT2D eigenvalue weighted by atomic mass is 35.5. The SMILES string of the molecule is Cc1cc(Cl)cc(C(N)=O)c1NC(=O)c1cc(Cn2nnnc2C2CC2)nn1-c1ncccc1Cl. The molecule has 3 heterocycles. The van der Waals surface area contributed by atoms with E-state index in [9.17, 15) is 9.59 Å². The molecule has 0 spiro atoms. The van der Waals surface area contributed by atoms with Crippen LogP contribution in [-0.2, 0) is 6.54 Å². The molecule has 0 unspecified atom stereocenters. The summed E-state index contributed by atoms with van der Waals surface area (Å²) < 4.78 is 3.02. The van der Waals surface area contributed by atoms with E-state index < -0.39 is 11.8 Å². The van der Waals surface area contributed by atoms with Crippen LogP contribution >= 0.6 is 23.2 Å². The summed E-state index contributed by atoms with van der Waals surface area (Å²) >= 11 is 12.4. The predicted molar refractivity (Wildman–Crippen MR) is 128 cm³/mol. The van der Waals surface area contributed by atoms with Crippen LogP contribution in [0.5, 0.6) is 0 Å². The molecule has 1 aliphatic carbocycles. The number of amides is 2. The number of pyridine rings is 1. The van der Waals surface area contributed by atoms with Gasteiger partial charge in [0, 0.05) is 17.1 Å². The summed E-state index contributed by atoms with van der Waals surface area (Å²) in [6.45, 7) is 1.96. The Bertz CT molecular complexity index is 1460. The van der Waals surface area contributed by atoms with Gasteiger partial charge in [-0.25, -0.2) is 14.3 Å². The fraction of sp³-hybridized carbons (Fsp3) is 0.227. The maximum absolute atomic E-state index is 13.5. The summed E-state index contributed by atoms with van der Waals surface area (Å²) in [6.07, 6.45) is 3.62. The molecule has 0 aliphatic heterocycles. The molecular formula is C22H19Cl2N9O2. The highest BCUT2D eigenvalue weighted by molar-refractivity contribution is 6.32. The number of primary amides is 1. The van der Waals surface area contributed by atoms with Gasteiger partial charge in [-0.05, 0) is 66.1 Å². The zero-order valence-corrected chi connectivity index (χ0v) is 20.0. The van der Waals surface area contributed by atoms with Crippen molar-refractivity contribution in [1.82, 2.24) is 35.0 Å². The van der Waals surface area contributed by atoms with Crippen molar-refractivity contribution in [3.05, 3.63) is 74.9 Å². The average Bonchev–Trinajstić information content (AvgIpc) is 3.41. The molecule has 1 fully saturated rings. The number of nitrogens with two attached hydrogens (primary N) is 1. The Morgan fingerprint density at radius 1 is 1.23 bits per heavy atom. The normalized spacial score (nSPS) is 13.1. The minimum Gasteiger partial charge on any atom is -0.366 e. The number of carbonyl (C=O) groups excluding carboxylic acids is 2. The first kappa shape index (κ1) is 22.9. The number of aromatic nitrogens is 7. The molecular weight excluding hydrogens is 493 g/mol. The largest absolute Gasteiger partial charge is 0.366 e. The van der Waals surface area contributed by atoms with Crippen LogP contribution in [0.2, 0.25) is 10.0 Å². The number of benzene rings is 1. The number of aryl methyl sites for hydroxylation is 1. The number of nitrogens with zero attached hydrogens (tertiary/aromatic N) is 7. The van der Waals surface area contributed by atoms with Crippen molar-refractivity contribution in [1.29, 1.82) is 0 Å². The van der Waals surface area contributed by atoms with Gasteiger partial charge in [-0.15, -0.1) is 5.10 Å². The molecule has 2 amide bonds. The zero-order valence-electron chi connectivity index (χ0n) is 18.4. The first-order valence-corrected chi connectivity index (χ1v) is 11.4. The van der Waals surface area contributed by atoms with Gasteiger partial charge >= 0.3 is 0 Å². The summed E-state index contributed by atoms with van der Waals surface area (Å²) in [5, 5.41) is 19.9. The van der Waals surface area contributed by atoms with Crippen molar-refractivity contribution in [2.24, 2.45) is 5.73 Å². The third kappa shape index (κ3) is 4.60. The maximum Gasteiger partial charge on any atom is 0.274 e. The molecule has 1 aromatic carbocycles. The molecule has 35 heavy (non-hydrogen) atoms. The quantitative estimate of drug-likeness (QED) is 0.387. The second-order valence-electron chi connectivity index (χ2n) is 8.17. The molecule has 3 aromatic heterocycles. The molecule has 0 saturated heterocycles. The lowest BCUT2D eigenvalue weighted by atomic mass is 10.1. The van der Waals surface area contributed by atoms with E-state index in [-0.39, 0.29) is 29.3 Å². The van der Waals surface area contributed by atoms with Crippen molar-refractivity contribution in [2.75, 3.05) is 5.32 Å². The van der Waals surface area contributed by atoms with Crippen LogP contribution in [-0.4, -0.2) is 46.8 Å². The topological polar surface area (TPSA) is 146 Å². The Balaban J connectivity index is 1.55. The molecule has 0 radical (unpaired) electrons. The zero-order chi connectivity index (χ0) is 24.7. The van der Waals surface area contributed by atoms with E-state index >= 15 is 0 Å². The van der Waals surface area contributed by atoms with Crippen LogP contribution in [0.25, 0.3) is 5.82 Å². The average molecular weight is 512 g/mol. The van der Waals surface area contributed by atoms with Crippen LogP contribution in [0.4, 0.5) is 5.69 Å². The van der Waals surface area contributed by atoms with E-state index in [4.69, 9.17) is 28.9 Å². The third-order valence-electron chi connectivity index (χ3n) is 5.55. The monoisotopic (exact) mass is 511 g/mol. The number of carbonyl (C=O) groups is 2. The summed E-state index contributed by atoms with van der Waals surface area (Å²) in [4.78, 5) is 29.7. The second-order valence-corrected chi connectivity index (χ2v) is 9.02. The Hall–Kier alpha value is -3.83. The van der Waals surface area contributed by atoms with Gasteiger partial charge in [-0.2, -0.15) is 5.10 Å². The molecule has 178 valence electrons. The van der Waals surface area contributed by atoms with Crippen LogP contribution < -0.4 is 11.1 Å². The smallest absolute Gasteiger partial charge is 0.274 e. The fourth-order valence-corrected chi connectivity index (χ4v) is 4.23. The van der Waals surface area contributed by atoms with E-state index in [1.165, 1.54) is 10.7 Å². The molecule has 0 atom stereocenters. The Labute approximate surface area is 209 Å². The van der Waals surface area contributed by atoms with E-state index in [2.05, 4.69) is 30.9 Å².